The fourth-order valence-corrected chi connectivity index (χ4v) is 3.17. The van der Waals surface area contributed by atoms with Crippen molar-refractivity contribution in [1.82, 2.24) is 0 Å². The van der Waals surface area contributed by atoms with Crippen molar-refractivity contribution in [2.45, 2.75) is 49.8 Å². The summed E-state index contributed by atoms with van der Waals surface area (Å²) in [5, 5.41) is 0. The van der Waals surface area contributed by atoms with Gasteiger partial charge < -0.3 is 0 Å². The molecule has 0 aliphatic carbocycles. The SMILES string of the molecule is CCCc1ccc(C(F)(F)C(Cl)(Cl)c2ccc(CCC)cc2)cc1. The van der Waals surface area contributed by atoms with E-state index >= 15 is 0 Å². The summed E-state index contributed by atoms with van der Waals surface area (Å²) in [5.41, 5.74) is 2.13. The minimum atomic E-state index is -3.40. The normalized spacial score (nSPS) is 12.4. The predicted molar refractivity (Wildman–Crippen MR) is 98.2 cm³/mol. The quantitative estimate of drug-likeness (QED) is 0.459. The van der Waals surface area contributed by atoms with Crippen LogP contribution in [0.5, 0.6) is 0 Å². The molecule has 0 fully saturated rings. The number of rotatable bonds is 7. The molecule has 0 atom stereocenters. The molecule has 0 aliphatic heterocycles. The maximum atomic E-state index is 14.9. The summed E-state index contributed by atoms with van der Waals surface area (Å²) < 4.78 is 27.5. The topological polar surface area (TPSA) is 0 Å². The molecule has 130 valence electrons. The third-order valence-electron chi connectivity index (χ3n) is 4.10. The summed E-state index contributed by atoms with van der Waals surface area (Å²) in [5.74, 6) is -3.40. The van der Waals surface area contributed by atoms with Gasteiger partial charge in [0.25, 0.3) is 0 Å². The number of aryl methyl sites for hydroxylation is 2. The maximum Gasteiger partial charge on any atom is 0.309 e. The smallest absolute Gasteiger partial charge is 0.197 e. The van der Waals surface area contributed by atoms with Gasteiger partial charge in [-0.1, -0.05) is 98.4 Å². The van der Waals surface area contributed by atoms with Gasteiger partial charge in [-0.2, -0.15) is 8.78 Å². The number of alkyl halides is 4. The lowest BCUT2D eigenvalue weighted by Crippen LogP contribution is -2.33. The molecule has 0 radical (unpaired) electrons. The second-order valence-corrected chi connectivity index (χ2v) is 7.37. The molecule has 4 heteroatoms. The Hall–Kier alpha value is -1.12. The molecule has 2 aromatic rings. The van der Waals surface area contributed by atoms with Crippen LogP contribution in [0, 0.1) is 0 Å². The fourth-order valence-electron chi connectivity index (χ4n) is 2.70. The minimum Gasteiger partial charge on any atom is -0.197 e. The fraction of sp³-hybridized carbons (Fsp3) is 0.400. The van der Waals surface area contributed by atoms with E-state index in [1.54, 1.807) is 36.4 Å². The summed E-state index contributed by atoms with van der Waals surface area (Å²) in [6, 6.07) is 13.0. The van der Waals surface area contributed by atoms with Gasteiger partial charge in [0.2, 0.25) is 4.33 Å². The van der Waals surface area contributed by atoms with E-state index in [0.29, 0.717) is 0 Å². The van der Waals surface area contributed by atoms with Gasteiger partial charge in [-0.05, 0) is 29.5 Å². The zero-order chi connectivity index (χ0) is 17.8. The van der Waals surface area contributed by atoms with Crippen molar-refractivity contribution in [2.24, 2.45) is 0 Å². The van der Waals surface area contributed by atoms with E-state index in [-0.39, 0.29) is 11.1 Å². The van der Waals surface area contributed by atoms with Crippen molar-refractivity contribution in [3.8, 4) is 0 Å². The summed E-state index contributed by atoms with van der Waals surface area (Å²) in [7, 11) is 0. The largest absolute Gasteiger partial charge is 0.309 e. The van der Waals surface area contributed by atoms with Crippen LogP contribution >= 0.6 is 23.2 Å². The van der Waals surface area contributed by atoms with E-state index < -0.39 is 10.3 Å². The highest BCUT2D eigenvalue weighted by Gasteiger charge is 2.54. The van der Waals surface area contributed by atoms with E-state index in [1.165, 1.54) is 12.1 Å². The van der Waals surface area contributed by atoms with Gasteiger partial charge in [0.15, 0.2) is 0 Å². The van der Waals surface area contributed by atoms with Crippen molar-refractivity contribution in [3.05, 3.63) is 70.8 Å². The van der Waals surface area contributed by atoms with Crippen LogP contribution in [0.4, 0.5) is 8.78 Å². The molecule has 0 heterocycles. The van der Waals surface area contributed by atoms with Crippen LogP contribution in [0.25, 0.3) is 0 Å². The summed E-state index contributed by atoms with van der Waals surface area (Å²) >= 11 is 12.3. The molecular formula is C20H22Cl2F2. The Labute approximate surface area is 152 Å². The van der Waals surface area contributed by atoms with Gasteiger partial charge in [0.05, 0.1) is 0 Å². The second-order valence-electron chi connectivity index (χ2n) is 6.04. The summed E-state index contributed by atoms with van der Waals surface area (Å²) in [4.78, 5) is 0. The Balaban J connectivity index is 2.30. The van der Waals surface area contributed by atoms with Gasteiger partial charge >= 0.3 is 5.92 Å². The van der Waals surface area contributed by atoms with Gasteiger partial charge in [-0.25, -0.2) is 0 Å². The molecule has 0 nitrogen and oxygen atoms in total. The standard InChI is InChI=1S/C20H22Cl2F2/c1-3-5-15-7-11-17(12-8-15)19(21,22)20(23,24)18-13-9-16(6-4-2)10-14-18/h7-14H,3-6H2,1-2H3. The van der Waals surface area contributed by atoms with E-state index in [9.17, 15) is 8.78 Å². The van der Waals surface area contributed by atoms with Crippen LogP contribution in [-0.4, -0.2) is 0 Å². The molecule has 0 N–H and O–H groups in total. The molecule has 0 aromatic heterocycles. The van der Waals surface area contributed by atoms with Crippen molar-refractivity contribution in [2.75, 3.05) is 0 Å². The highest BCUT2D eigenvalue weighted by molar-refractivity contribution is 6.48. The molecule has 0 unspecified atom stereocenters. The van der Waals surface area contributed by atoms with Crippen LogP contribution in [0.3, 0.4) is 0 Å². The first-order chi connectivity index (χ1) is 11.3. The molecular weight excluding hydrogens is 349 g/mol. The van der Waals surface area contributed by atoms with Gasteiger partial charge in [0.1, 0.15) is 0 Å². The molecule has 0 spiro atoms. The lowest BCUT2D eigenvalue weighted by Gasteiger charge is -2.30. The Morgan fingerprint density at radius 3 is 1.46 bits per heavy atom. The van der Waals surface area contributed by atoms with Crippen LogP contribution in [0.15, 0.2) is 48.5 Å². The van der Waals surface area contributed by atoms with Crippen molar-refractivity contribution < 1.29 is 8.78 Å². The number of halogens is 4. The predicted octanol–water partition coefficient (Wildman–Crippen LogP) is 7.01. The molecule has 24 heavy (non-hydrogen) atoms. The molecule has 2 rings (SSSR count). The first-order valence-corrected chi connectivity index (χ1v) is 9.03. The Bertz CT molecular complexity index is 587. The van der Waals surface area contributed by atoms with Crippen LogP contribution in [-0.2, 0) is 23.1 Å². The molecule has 0 amide bonds. The lowest BCUT2D eigenvalue weighted by atomic mass is 9.96. The highest BCUT2D eigenvalue weighted by atomic mass is 35.5. The Morgan fingerprint density at radius 1 is 0.708 bits per heavy atom. The first-order valence-electron chi connectivity index (χ1n) is 8.27. The van der Waals surface area contributed by atoms with Gasteiger partial charge in [0, 0.05) is 5.56 Å². The third kappa shape index (κ3) is 3.92. The highest BCUT2D eigenvalue weighted by Crippen LogP contribution is 2.53. The van der Waals surface area contributed by atoms with Gasteiger partial charge in [-0.15, -0.1) is 0 Å². The molecule has 0 saturated heterocycles. The Kier molecular flexibility index (Phi) is 6.28. The van der Waals surface area contributed by atoms with E-state index in [4.69, 9.17) is 23.2 Å². The monoisotopic (exact) mass is 370 g/mol. The molecule has 0 bridgehead atoms. The molecule has 0 saturated carbocycles. The average molecular weight is 371 g/mol. The van der Waals surface area contributed by atoms with Crippen LogP contribution < -0.4 is 0 Å². The first kappa shape index (κ1) is 19.2. The summed E-state index contributed by atoms with van der Waals surface area (Å²) in [6.07, 6.45) is 3.71. The average Bonchev–Trinajstić information content (AvgIpc) is 2.56. The van der Waals surface area contributed by atoms with E-state index in [1.807, 2.05) is 6.92 Å². The minimum absolute atomic E-state index is 0.176. The molecule has 2 aromatic carbocycles. The zero-order valence-electron chi connectivity index (χ0n) is 14.0. The number of hydrogen-bond acceptors (Lipinski definition) is 0. The van der Waals surface area contributed by atoms with Crippen LogP contribution in [0.1, 0.15) is 48.9 Å². The Morgan fingerprint density at radius 2 is 1.08 bits per heavy atom. The van der Waals surface area contributed by atoms with Crippen LogP contribution in [0.2, 0.25) is 0 Å². The summed E-state index contributed by atoms with van der Waals surface area (Å²) in [6.45, 7) is 4.12. The lowest BCUT2D eigenvalue weighted by molar-refractivity contribution is -0.0241. The molecule has 0 aliphatic rings. The van der Waals surface area contributed by atoms with Crippen molar-refractivity contribution >= 4 is 23.2 Å². The number of benzene rings is 2. The second kappa shape index (κ2) is 7.84. The van der Waals surface area contributed by atoms with E-state index in [0.717, 1.165) is 36.8 Å². The van der Waals surface area contributed by atoms with Gasteiger partial charge in [-0.3, -0.25) is 0 Å². The number of hydrogen-bond donors (Lipinski definition) is 0. The third-order valence-corrected chi connectivity index (χ3v) is 5.02. The van der Waals surface area contributed by atoms with Crippen molar-refractivity contribution in [3.63, 3.8) is 0 Å². The van der Waals surface area contributed by atoms with E-state index in [2.05, 4.69) is 6.92 Å². The zero-order valence-corrected chi connectivity index (χ0v) is 15.5. The van der Waals surface area contributed by atoms with Crippen molar-refractivity contribution in [1.29, 1.82) is 0 Å². The maximum absolute atomic E-state index is 14.9.